The molecule has 4 fully saturated rings. The normalized spacial score (nSPS) is 47.0. The summed E-state index contributed by atoms with van der Waals surface area (Å²) < 4.78 is 39.5. The van der Waals surface area contributed by atoms with Crippen LogP contribution >= 0.6 is 0 Å². The molecule has 0 aliphatic carbocycles. The van der Waals surface area contributed by atoms with Crippen molar-refractivity contribution in [2.75, 3.05) is 33.0 Å². The van der Waals surface area contributed by atoms with Gasteiger partial charge in [-0.2, -0.15) is 0 Å². The highest BCUT2D eigenvalue weighted by Gasteiger charge is 2.55. The van der Waals surface area contributed by atoms with Gasteiger partial charge in [-0.1, -0.05) is 0 Å². The number of nitrogens with one attached hydrogen (secondary N) is 2. The van der Waals surface area contributed by atoms with Crippen molar-refractivity contribution >= 4 is 11.8 Å². The molecule has 50 heavy (non-hydrogen) atoms. The van der Waals surface area contributed by atoms with Crippen LogP contribution in [0.25, 0.3) is 0 Å². The first-order valence-corrected chi connectivity index (χ1v) is 16.0. The van der Waals surface area contributed by atoms with Crippen molar-refractivity contribution in [2.45, 2.75) is 130 Å². The smallest absolute Gasteiger partial charge is 0.217 e. The Hall–Kier alpha value is -1.78. The Kier molecular flexibility index (Phi) is 14.6. The van der Waals surface area contributed by atoms with Gasteiger partial charge in [0.15, 0.2) is 18.9 Å². The van der Waals surface area contributed by atoms with Crippen LogP contribution in [-0.4, -0.2) is 217 Å². The molecule has 22 heteroatoms. The van der Waals surface area contributed by atoms with Crippen LogP contribution < -0.4 is 10.6 Å². The maximum atomic E-state index is 12.2. The number of amides is 2. The molecule has 4 saturated heterocycles. The van der Waals surface area contributed by atoms with E-state index in [2.05, 4.69) is 10.6 Å². The Balaban J connectivity index is 1.55. The second-order valence-electron chi connectivity index (χ2n) is 12.5. The topological polar surface area (TPSA) is 345 Å². The fourth-order valence-electron chi connectivity index (χ4n) is 6.29. The molecule has 0 aromatic heterocycles. The standard InChI is InChI=1S/C28H48N2O20/c1-8(35)29-10-7-44-13(5-33)23(16(10)37)48-26-15(30-9(2)36)19(40)24(14(6-34)47-26)49-28-22(43)25(18(39)12(4-32)46-28)50-27-21(42)20(41)17(38)11(3-31)45-27/h10-28,31-34,37-43H,3-7H2,1-2H3,(H,29,35)(H,30,36)/t10-,11+,12+,13+,14+,15+,16+,17+,18+,19+,20-,21-,22-,23+,24+,25-,26-,27+,28-/m0/s1. The molecular formula is C28H48N2O20. The van der Waals surface area contributed by atoms with Crippen molar-refractivity contribution in [3.63, 3.8) is 0 Å². The molecule has 4 aliphatic heterocycles. The monoisotopic (exact) mass is 732 g/mol. The van der Waals surface area contributed by atoms with Crippen molar-refractivity contribution in [3.8, 4) is 0 Å². The SMILES string of the molecule is CC(=O)N[C@H]1[C@H](O[C@H]2[C@H](O)[C@@H](NC(C)=O)CO[C@@H]2CO)O[C@H](CO)[C@@H](O[C@@H]2O[C@H](CO)[C@@H](O)[C@H](O[C@H]3O[C@H](CO)[C@@H](O)[C@H](O)[C@@H]3O)[C@@H]2O)[C@@H]1O. The zero-order valence-corrected chi connectivity index (χ0v) is 27.1. The Labute approximate surface area is 285 Å². The zero-order valence-electron chi connectivity index (χ0n) is 27.1. The first kappa shape index (κ1) is 41.0. The number of ether oxygens (including phenoxy) is 7. The number of hydrogen-bond donors (Lipinski definition) is 13. The van der Waals surface area contributed by atoms with Crippen molar-refractivity contribution in [1.82, 2.24) is 10.6 Å². The van der Waals surface area contributed by atoms with Gasteiger partial charge in [-0.3, -0.25) is 9.59 Å². The van der Waals surface area contributed by atoms with Crippen LogP contribution in [0.2, 0.25) is 0 Å². The summed E-state index contributed by atoms with van der Waals surface area (Å²) in [5.41, 5.74) is 0. The van der Waals surface area contributed by atoms with Crippen LogP contribution in [0.15, 0.2) is 0 Å². The van der Waals surface area contributed by atoms with Gasteiger partial charge >= 0.3 is 0 Å². The molecule has 290 valence electrons. The third-order valence-electron chi connectivity index (χ3n) is 8.94. The predicted octanol–water partition coefficient (Wildman–Crippen LogP) is -8.78. The number of carbonyl (C=O) groups is 2. The van der Waals surface area contributed by atoms with E-state index in [1.54, 1.807) is 0 Å². The molecule has 0 unspecified atom stereocenters. The molecule has 0 spiro atoms. The van der Waals surface area contributed by atoms with Crippen LogP contribution in [0.3, 0.4) is 0 Å². The highest BCUT2D eigenvalue weighted by Crippen LogP contribution is 2.34. The minimum absolute atomic E-state index is 0.182. The Morgan fingerprint density at radius 2 is 1.02 bits per heavy atom. The second-order valence-corrected chi connectivity index (χ2v) is 12.5. The molecule has 19 atom stereocenters. The number of hydrogen-bond acceptors (Lipinski definition) is 20. The fourth-order valence-corrected chi connectivity index (χ4v) is 6.29. The largest absolute Gasteiger partial charge is 0.394 e. The summed E-state index contributed by atoms with van der Waals surface area (Å²) in [5.74, 6) is -1.20. The molecule has 13 N–H and O–H groups in total. The summed E-state index contributed by atoms with van der Waals surface area (Å²) in [6.07, 6.45) is -28.5. The van der Waals surface area contributed by atoms with E-state index in [4.69, 9.17) is 33.2 Å². The van der Waals surface area contributed by atoms with Gasteiger partial charge in [-0.05, 0) is 0 Å². The van der Waals surface area contributed by atoms with Gasteiger partial charge in [-0.25, -0.2) is 0 Å². The van der Waals surface area contributed by atoms with Crippen LogP contribution in [0, 0.1) is 0 Å². The Morgan fingerprint density at radius 3 is 1.58 bits per heavy atom. The van der Waals surface area contributed by atoms with Crippen molar-refractivity contribution in [1.29, 1.82) is 0 Å². The highest BCUT2D eigenvalue weighted by molar-refractivity contribution is 5.73. The number of aliphatic hydroxyl groups is 11. The van der Waals surface area contributed by atoms with E-state index in [1.165, 1.54) is 6.92 Å². The third-order valence-corrected chi connectivity index (χ3v) is 8.94. The fraction of sp³-hybridized carbons (Fsp3) is 0.929. The van der Waals surface area contributed by atoms with Gasteiger partial charge in [-0.15, -0.1) is 0 Å². The lowest BCUT2D eigenvalue weighted by molar-refractivity contribution is -0.378. The first-order valence-electron chi connectivity index (χ1n) is 16.0. The Morgan fingerprint density at radius 1 is 0.540 bits per heavy atom. The molecule has 4 rings (SSSR count). The van der Waals surface area contributed by atoms with Gasteiger partial charge in [0, 0.05) is 13.8 Å². The number of carbonyl (C=O) groups excluding carboxylic acids is 2. The summed E-state index contributed by atoms with van der Waals surface area (Å²) in [5, 5.41) is 120. The molecule has 0 saturated carbocycles. The molecule has 0 bridgehead atoms. The molecule has 2 amide bonds. The second kappa shape index (κ2) is 17.8. The maximum Gasteiger partial charge on any atom is 0.217 e. The summed E-state index contributed by atoms with van der Waals surface area (Å²) in [4.78, 5) is 23.9. The first-order chi connectivity index (χ1) is 23.7. The highest BCUT2D eigenvalue weighted by atomic mass is 16.8. The predicted molar refractivity (Wildman–Crippen MR) is 156 cm³/mol. The van der Waals surface area contributed by atoms with Crippen LogP contribution in [0.4, 0.5) is 0 Å². The molecule has 0 aromatic rings. The van der Waals surface area contributed by atoms with E-state index in [1.807, 2.05) is 0 Å². The number of aliphatic hydroxyl groups excluding tert-OH is 11. The quantitative estimate of drug-likeness (QED) is 0.0885. The minimum atomic E-state index is -2.01. The zero-order chi connectivity index (χ0) is 37.0. The van der Waals surface area contributed by atoms with E-state index in [-0.39, 0.29) is 6.61 Å². The number of rotatable bonds is 12. The summed E-state index contributed by atoms with van der Waals surface area (Å²) in [6.45, 7) is -1.08. The van der Waals surface area contributed by atoms with Gasteiger partial charge in [0.1, 0.15) is 91.5 Å². The summed E-state index contributed by atoms with van der Waals surface area (Å²) in [7, 11) is 0. The molecule has 0 radical (unpaired) electrons. The van der Waals surface area contributed by atoms with E-state index < -0.39 is 155 Å². The molecule has 22 nitrogen and oxygen atoms in total. The lowest BCUT2D eigenvalue weighted by atomic mass is 9.94. The maximum absolute atomic E-state index is 12.2. The lowest BCUT2D eigenvalue weighted by Gasteiger charge is -2.49. The van der Waals surface area contributed by atoms with Crippen LogP contribution in [-0.2, 0) is 42.7 Å². The third kappa shape index (κ3) is 8.87. The van der Waals surface area contributed by atoms with Gasteiger partial charge in [0.05, 0.1) is 39.1 Å². The molecule has 4 heterocycles. The molecular weight excluding hydrogens is 684 g/mol. The Bertz CT molecular complexity index is 1110. The van der Waals surface area contributed by atoms with E-state index in [0.717, 1.165) is 6.92 Å². The van der Waals surface area contributed by atoms with Crippen molar-refractivity contribution < 1.29 is 98.9 Å². The molecule has 0 aromatic carbocycles. The van der Waals surface area contributed by atoms with E-state index >= 15 is 0 Å². The summed E-state index contributed by atoms with van der Waals surface area (Å²) >= 11 is 0. The molecule has 4 aliphatic rings. The van der Waals surface area contributed by atoms with Crippen LogP contribution in [0.1, 0.15) is 13.8 Å². The summed E-state index contributed by atoms with van der Waals surface area (Å²) in [6, 6.07) is -2.50. The van der Waals surface area contributed by atoms with Gasteiger partial charge < -0.3 is 100.0 Å². The van der Waals surface area contributed by atoms with Crippen LogP contribution in [0.5, 0.6) is 0 Å². The minimum Gasteiger partial charge on any atom is -0.394 e. The average molecular weight is 733 g/mol. The van der Waals surface area contributed by atoms with Crippen molar-refractivity contribution in [2.24, 2.45) is 0 Å². The average Bonchev–Trinajstić information content (AvgIpc) is 3.08. The lowest BCUT2D eigenvalue weighted by Crippen LogP contribution is -2.69. The van der Waals surface area contributed by atoms with Crippen molar-refractivity contribution in [3.05, 3.63) is 0 Å². The van der Waals surface area contributed by atoms with E-state index in [9.17, 15) is 65.8 Å². The van der Waals surface area contributed by atoms with Gasteiger partial charge in [0.25, 0.3) is 0 Å². The van der Waals surface area contributed by atoms with E-state index in [0.29, 0.717) is 0 Å². The van der Waals surface area contributed by atoms with Gasteiger partial charge in [0.2, 0.25) is 11.8 Å².